The van der Waals surface area contributed by atoms with Crippen LogP contribution in [0.3, 0.4) is 0 Å². The topological polar surface area (TPSA) is 127 Å². The molecule has 4 aromatic rings. The standard InChI is InChI=1S/C33H40N8O3/c1-5-40(6-2)25-14-16-41(19-25)29-18-23(13-15-34-29)32(42)37-24-10-7-9-22(17-24)28(20-39(3)4)38-31-26-11-8-12-27(33(43)44)30(26)35-21-36-31/h7-13,15,17-18,21,25,28H,5-6,14,16,19-20H2,1-4H3,(H,37,42)(H,43,44)(H,35,36,38). The van der Waals surface area contributed by atoms with Crippen LogP contribution in [0.4, 0.5) is 17.3 Å². The van der Waals surface area contributed by atoms with Crippen molar-refractivity contribution >= 4 is 40.1 Å². The number of fused-ring (bicyclic) bond motifs is 1. The number of carbonyl (C=O) groups excluding carboxylic acids is 1. The number of anilines is 3. The summed E-state index contributed by atoms with van der Waals surface area (Å²) in [5.41, 5.74) is 2.65. The molecule has 2 aromatic heterocycles. The highest BCUT2D eigenvalue weighted by Gasteiger charge is 2.27. The number of hydrogen-bond donors (Lipinski definition) is 3. The van der Waals surface area contributed by atoms with Gasteiger partial charge < -0.3 is 25.5 Å². The van der Waals surface area contributed by atoms with E-state index in [2.05, 4.69) is 54.1 Å². The van der Waals surface area contributed by atoms with Gasteiger partial charge in [0, 0.05) is 48.5 Å². The molecule has 0 aliphatic carbocycles. The summed E-state index contributed by atoms with van der Waals surface area (Å²) < 4.78 is 0. The monoisotopic (exact) mass is 596 g/mol. The number of para-hydroxylation sites is 1. The van der Waals surface area contributed by atoms with Gasteiger partial charge in [0.1, 0.15) is 18.0 Å². The van der Waals surface area contributed by atoms with Crippen LogP contribution in [0, 0.1) is 0 Å². The summed E-state index contributed by atoms with van der Waals surface area (Å²) in [5.74, 6) is 0.109. The molecular weight excluding hydrogens is 556 g/mol. The van der Waals surface area contributed by atoms with E-state index in [1.54, 1.807) is 18.3 Å². The van der Waals surface area contributed by atoms with Crippen molar-refractivity contribution in [3.8, 4) is 0 Å². The number of carboxylic acid groups (broad SMARTS) is 1. The largest absolute Gasteiger partial charge is 0.478 e. The van der Waals surface area contributed by atoms with Gasteiger partial charge in [-0.1, -0.05) is 32.0 Å². The van der Waals surface area contributed by atoms with Crippen molar-refractivity contribution in [3.63, 3.8) is 0 Å². The van der Waals surface area contributed by atoms with Gasteiger partial charge in [-0.3, -0.25) is 9.69 Å². The van der Waals surface area contributed by atoms with Gasteiger partial charge in [-0.25, -0.2) is 19.7 Å². The van der Waals surface area contributed by atoms with Gasteiger partial charge >= 0.3 is 5.97 Å². The zero-order chi connectivity index (χ0) is 31.2. The maximum atomic E-state index is 13.4. The number of rotatable bonds is 12. The molecule has 44 heavy (non-hydrogen) atoms. The molecule has 1 aliphatic heterocycles. The summed E-state index contributed by atoms with van der Waals surface area (Å²) >= 11 is 0. The number of aromatic nitrogens is 3. The Balaban J connectivity index is 1.34. The predicted octanol–water partition coefficient (Wildman–Crippen LogP) is 4.61. The molecule has 1 fully saturated rings. The quantitative estimate of drug-likeness (QED) is 0.213. The number of likely N-dealkylation sites (N-methyl/N-ethyl adjacent to an activating group) is 2. The molecular formula is C33H40N8O3. The lowest BCUT2D eigenvalue weighted by atomic mass is 10.0. The molecule has 2 unspecified atom stereocenters. The second-order valence-electron chi connectivity index (χ2n) is 11.3. The number of benzene rings is 2. The second-order valence-corrected chi connectivity index (χ2v) is 11.3. The van der Waals surface area contributed by atoms with Crippen LogP contribution in [0.15, 0.2) is 67.1 Å². The first kappa shape index (κ1) is 30.8. The fourth-order valence-electron chi connectivity index (χ4n) is 5.90. The highest BCUT2D eigenvalue weighted by atomic mass is 16.4. The Bertz CT molecular complexity index is 1620. The van der Waals surface area contributed by atoms with Gasteiger partial charge in [0.25, 0.3) is 5.91 Å². The fraction of sp³-hybridized carbons (Fsp3) is 0.364. The van der Waals surface area contributed by atoms with Crippen molar-refractivity contribution in [1.29, 1.82) is 0 Å². The van der Waals surface area contributed by atoms with E-state index >= 15 is 0 Å². The molecule has 11 heteroatoms. The zero-order valence-electron chi connectivity index (χ0n) is 25.7. The summed E-state index contributed by atoms with van der Waals surface area (Å²) in [7, 11) is 3.96. The number of hydrogen-bond acceptors (Lipinski definition) is 9. The second kappa shape index (κ2) is 13.8. The van der Waals surface area contributed by atoms with Crippen LogP contribution < -0.4 is 15.5 Å². The van der Waals surface area contributed by atoms with Crippen LogP contribution >= 0.6 is 0 Å². The number of nitrogens with zero attached hydrogens (tertiary/aromatic N) is 6. The Labute approximate surface area is 257 Å². The summed E-state index contributed by atoms with van der Waals surface area (Å²) in [6.07, 6.45) is 4.15. The molecule has 0 radical (unpaired) electrons. The summed E-state index contributed by atoms with van der Waals surface area (Å²) in [5, 5.41) is 16.8. The number of aromatic carboxylic acids is 1. The Morgan fingerprint density at radius 2 is 1.84 bits per heavy atom. The third-order valence-corrected chi connectivity index (χ3v) is 8.12. The van der Waals surface area contributed by atoms with Crippen molar-refractivity contribution in [2.45, 2.75) is 32.4 Å². The average molecular weight is 597 g/mol. The highest BCUT2D eigenvalue weighted by Crippen LogP contribution is 2.28. The number of carbonyl (C=O) groups is 2. The van der Waals surface area contributed by atoms with Crippen LogP contribution in [0.5, 0.6) is 0 Å². The summed E-state index contributed by atoms with van der Waals surface area (Å²) in [4.78, 5) is 45.2. The number of nitrogens with one attached hydrogen (secondary N) is 2. The first-order valence-electron chi connectivity index (χ1n) is 15.0. The van der Waals surface area contributed by atoms with Crippen molar-refractivity contribution in [2.75, 3.05) is 62.4 Å². The molecule has 0 bridgehead atoms. The predicted molar refractivity (Wildman–Crippen MR) is 174 cm³/mol. The van der Waals surface area contributed by atoms with E-state index in [1.807, 2.05) is 50.5 Å². The third kappa shape index (κ3) is 6.95. The van der Waals surface area contributed by atoms with Crippen molar-refractivity contribution in [1.82, 2.24) is 24.8 Å². The Kier molecular flexibility index (Phi) is 9.66. The average Bonchev–Trinajstić information content (AvgIpc) is 3.51. The first-order valence-corrected chi connectivity index (χ1v) is 15.0. The number of pyridine rings is 1. The SMILES string of the molecule is CCN(CC)C1CCN(c2cc(C(=O)Nc3cccc(C(CN(C)C)Nc4ncnc5c(C(=O)O)cccc45)c3)ccn2)C1. The van der Waals surface area contributed by atoms with E-state index in [0.29, 0.717) is 40.6 Å². The van der Waals surface area contributed by atoms with Crippen molar-refractivity contribution < 1.29 is 14.7 Å². The Hall–Kier alpha value is -4.61. The normalized spacial score (nSPS) is 15.6. The molecule has 2 atom stereocenters. The van der Waals surface area contributed by atoms with E-state index in [0.717, 1.165) is 44.0 Å². The van der Waals surface area contributed by atoms with Gasteiger partial charge in [-0.2, -0.15) is 0 Å². The summed E-state index contributed by atoms with van der Waals surface area (Å²) in [6, 6.07) is 16.6. The molecule has 0 saturated carbocycles. The van der Waals surface area contributed by atoms with Crippen molar-refractivity contribution in [2.24, 2.45) is 0 Å². The summed E-state index contributed by atoms with van der Waals surface area (Å²) in [6.45, 7) is 8.88. The van der Waals surface area contributed by atoms with E-state index in [9.17, 15) is 14.7 Å². The van der Waals surface area contributed by atoms with Crippen LogP contribution in [0.2, 0.25) is 0 Å². The molecule has 1 saturated heterocycles. The molecule has 3 N–H and O–H groups in total. The molecule has 1 amide bonds. The molecule has 2 aromatic carbocycles. The van der Waals surface area contributed by atoms with Crippen LogP contribution in [-0.2, 0) is 0 Å². The molecule has 0 spiro atoms. The molecule has 5 rings (SSSR count). The highest BCUT2D eigenvalue weighted by molar-refractivity contribution is 6.05. The fourth-order valence-corrected chi connectivity index (χ4v) is 5.90. The lowest BCUT2D eigenvalue weighted by Gasteiger charge is -2.26. The van der Waals surface area contributed by atoms with Gasteiger partial charge in [-0.15, -0.1) is 0 Å². The van der Waals surface area contributed by atoms with Gasteiger partial charge in [0.2, 0.25) is 0 Å². The third-order valence-electron chi connectivity index (χ3n) is 8.12. The van der Waals surface area contributed by atoms with Gasteiger partial charge in [0.05, 0.1) is 17.1 Å². The zero-order valence-corrected chi connectivity index (χ0v) is 25.7. The van der Waals surface area contributed by atoms with E-state index in [-0.39, 0.29) is 17.5 Å². The van der Waals surface area contributed by atoms with E-state index in [1.165, 1.54) is 12.4 Å². The maximum Gasteiger partial charge on any atom is 0.337 e. The minimum absolute atomic E-state index is 0.120. The molecule has 230 valence electrons. The van der Waals surface area contributed by atoms with Gasteiger partial charge in [0.15, 0.2) is 0 Å². The van der Waals surface area contributed by atoms with Crippen LogP contribution in [0.25, 0.3) is 10.9 Å². The molecule has 11 nitrogen and oxygen atoms in total. The minimum Gasteiger partial charge on any atom is -0.478 e. The molecule has 1 aliphatic rings. The maximum absolute atomic E-state index is 13.4. The molecule has 3 heterocycles. The smallest absolute Gasteiger partial charge is 0.337 e. The van der Waals surface area contributed by atoms with Crippen LogP contribution in [-0.4, -0.2) is 94.6 Å². The Morgan fingerprint density at radius 1 is 1.05 bits per heavy atom. The van der Waals surface area contributed by atoms with Crippen LogP contribution in [0.1, 0.15) is 52.6 Å². The minimum atomic E-state index is -1.04. The van der Waals surface area contributed by atoms with Gasteiger partial charge in [-0.05, 0) is 75.6 Å². The number of carboxylic acids is 1. The number of amides is 1. The Morgan fingerprint density at radius 3 is 2.59 bits per heavy atom. The lowest BCUT2D eigenvalue weighted by molar-refractivity contribution is 0.0698. The van der Waals surface area contributed by atoms with E-state index in [4.69, 9.17) is 0 Å². The first-order chi connectivity index (χ1) is 21.3. The lowest BCUT2D eigenvalue weighted by Crippen LogP contribution is -2.37. The van der Waals surface area contributed by atoms with E-state index < -0.39 is 5.97 Å². The van der Waals surface area contributed by atoms with Crippen molar-refractivity contribution in [3.05, 3.63) is 83.8 Å².